The van der Waals surface area contributed by atoms with E-state index >= 15 is 0 Å². The highest BCUT2D eigenvalue weighted by atomic mass is 14.9. The Morgan fingerprint density at radius 1 is 0.941 bits per heavy atom. The lowest BCUT2D eigenvalue weighted by atomic mass is 10.1. The first-order valence-corrected chi connectivity index (χ1v) is 5.71. The number of aryl methyl sites for hydroxylation is 2. The molecule has 2 aromatic carbocycles. The smallest absolute Gasteiger partial charge is 0.0726 e. The number of rotatable bonds is 0. The number of fused-ring (bicyclic) bond motifs is 2. The van der Waals surface area contributed by atoms with E-state index in [9.17, 15) is 0 Å². The minimum atomic E-state index is 0.623. The lowest BCUT2D eigenvalue weighted by Crippen LogP contribution is -2.09. The molecule has 3 rings (SSSR count). The number of hydrogen-bond acceptors (Lipinski definition) is 1. The molecule has 1 N–H and O–H groups in total. The van der Waals surface area contributed by atoms with Crippen LogP contribution in [0.2, 0.25) is 0 Å². The topological polar surface area (TPSA) is 28.8 Å². The van der Waals surface area contributed by atoms with Crippen LogP contribution < -0.4 is 5.36 Å². The molecule has 0 aliphatic carbocycles. The Hall–Kier alpha value is -2.09. The first-order valence-electron chi connectivity index (χ1n) is 5.71. The first-order chi connectivity index (χ1) is 8.18. The molecule has 0 amide bonds. The number of benzene rings is 2. The van der Waals surface area contributed by atoms with Gasteiger partial charge >= 0.3 is 0 Å². The van der Waals surface area contributed by atoms with Crippen molar-refractivity contribution in [3.8, 4) is 0 Å². The minimum absolute atomic E-state index is 0.623. The van der Waals surface area contributed by atoms with Crippen molar-refractivity contribution in [2.45, 2.75) is 6.92 Å². The van der Waals surface area contributed by atoms with E-state index < -0.39 is 0 Å². The molecule has 2 heteroatoms. The van der Waals surface area contributed by atoms with E-state index in [0.29, 0.717) is 5.36 Å². The van der Waals surface area contributed by atoms with Gasteiger partial charge in [-0.1, -0.05) is 29.8 Å². The summed E-state index contributed by atoms with van der Waals surface area (Å²) in [5, 5.41) is 11.0. The Balaban J connectivity index is 2.68. The number of hydrogen-bond donors (Lipinski definition) is 1. The van der Waals surface area contributed by atoms with Gasteiger partial charge < -0.3 is 4.57 Å². The van der Waals surface area contributed by atoms with Gasteiger partial charge in [0.1, 0.15) is 0 Å². The Morgan fingerprint density at radius 3 is 2.47 bits per heavy atom. The van der Waals surface area contributed by atoms with Crippen LogP contribution in [0, 0.1) is 12.3 Å². The molecule has 0 aliphatic rings. The van der Waals surface area contributed by atoms with Crippen LogP contribution in [0.1, 0.15) is 5.56 Å². The number of para-hydroxylation sites is 1. The monoisotopic (exact) mass is 222 g/mol. The van der Waals surface area contributed by atoms with Gasteiger partial charge in [0.2, 0.25) is 0 Å². The second kappa shape index (κ2) is 3.45. The standard InChI is InChI=1S/C15H14N2/c1-10-7-8-14-12(9-10)15(16)11-5-3-4-6-13(11)17(14)2/h3-9,16H,1-2H3. The Labute approximate surface area is 99.6 Å². The SMILES string of the molecule is Cc1ccc2c(c1)c(=N)c1ccccc1n2C. The minimum Gasteiger partial charge on any atom is -0.344 e. The van der Waals surface area contributed by atoms with Crippen LogP contribution in [0.25, 0.3) is 21.8 Å². The Morgan fingerprint density at radius 2 is 1.65 bits per heavy atom. The maximum Gasteiger partial charge on any atom is 0.0726 e. The Kier molecular flexibility index (Phi) is 2.05. The van der Waals surface area contributed by atoms with Gasteiger partial charge in [-0.25, -0.2) is 0 Å². The molecule has 0 fully saturated rings. The fraction of sp³-hybridized carbons (Fsp3) is 0.133. The lowest BCUT2D eigenvalue weighted by molar-refractivity contribution is 0.999. The lowest BCUT2D eigenvalue weighted by Gasteiger charge is -2.11. The molecule has 0 saturated heterocycles. The molecule has 0 radical (unpaired) electrons. The van der Waals surface area contributed by atoms with Crippen LogP contribution in [0.3, 0.4) is 0 Å². The van der Waals surface area contributed by atoms with Crippen LogP contribution in [-0.2, 0) is 7.05 Å². The predicted molar refractivity (Wildman–Crippen MR) is 71.0 cm³/mol. The van der Waals surface area contributed by atoms with Crippen LogP contribution in [-0.4, -0.2) is 4.57 Å². The zero-order valence-corrected chi connectivity index (χ0v) is 9.99. The molecular formula is C15H14N2. The van der Waals surface area contributed by atoms with Gasteiger partial charge in [-0.3, -0.25) is 5.41 Å². The summed E-state index contributed by atoms with van der Waals surface area (Å²) in [6.45, 7) is 2.06. The highest BCUT2D eigenvalue weighted by molar-refractivity contribution is 5.93. The molecule has 0 unspecified atom stereocenters. The van der Waals surface area contributed by atoms with Crippen molar-refractivity contribution < 1.29 is 0 Å². The molecule has 84 valence electrons. The summed E-state index contributed by atoms with van der Waals surface area (Å²) >= 11 is 0. The highest BCUT2D eigenvalue weighted by Gasteiger charge is 2.05. The predicted octanol–water partition coefficient (Wildman–Crippen LogP) is 3.12. The normalized spacial score (nSPS) is 11.2. The third kappa shape index (κ3) is 1.37. The van der Waals surface area contributed by atoms with Crippen LogP contribution in [0.5, 0.6) is 0 Å². The molecule has 0 atom stereocenters. The van der Waals surface area contributed by atoms with Gasteiger partial charge in [0.15, 0.2) is 0 Å². The van der Waals surface area contributed by atoms with Gasteiger partial charge in [0.05, 0.1) is 16.4 Å². The summed E-state index contributed by atoms with van der Waals surface area (Å²) in [4.78, 5) is 0. The number of pyridine rings is 1. The number of nitrogens with one attached hydrogen (secondary N) is 1. The first kappa shape index (κ1) is 10.1. The number of aromatic nitrogens is 1. The second-order valence-corrected chi connectivity index (χ2v) is 4.47. The quantitative estimate of drug-likeness (QED) is 0.566. The van der Waals surface area contributed by atoms with Gasteiger partial charge in [0.25, 0.3) is 0 Å². The fourth-order valence-electron chi connectivity index (χ4n) is 2.39. The van der Waals surface area contributed by atoms with Crippen molar-refractivity contribution in [2.24, 2.45) is 7.05 Å². The largest absolute Gasteiger partial charge is 0.344 e. The van der Waals surface area contributed by atoms with Crippen molar-refractivity contribution in [3.05, 3.63) is 53.4 Å². The van der Waals surface area contributed by atoms with Gasteiger partial charge in [0, 0.05) is 17.8 Å². The summed E-state index contributed by atoms with van der Waals surface area (Å²) < 4.78 is 2.15. The van der Waals surface area contributed by atoms with E-state index in [0.717, 1.165) is 21.8 Å². The molecule has 17 heavy (non-hydrogen) atoms. The summed E-state index contributed by atoms with van der Waals surface area (Å²) in [7, 11) is 2.06. The summed E-state index contributed by atoms with van der Waals surface area (Å²) in [5.74, 6) is 0. The zero-order valence-electron chi connectivity index (χ0n) is 9.99. The van der Waals surface area contributed by atoms with Crippen molar-refractivity contribution in [1.29, 1.82) is 5.41 Å². The third-order valence-corrected chi connectivity index (χ3v) is 3.32. The maximum absolute atomic E-state index is 8.31. The highest BCUT2D eigenvalue weighted by Crippen LogP contribution is 2.18. The summed E-state index contributed by atoms with van der Waals surface area (Å²) in [6.07, 6.45) is 0. The molecule has 3 aromatic rings. The summed E-state index contributed by atoms with van der Waals surface area (Å²) in [5.41, 5.74) is 3.41. The number of nitrogens with zero attached hydrogens (tertiary/aromatic N) is 1. The third-order valence-electron chi connectivity index (χ3n) is 3.32. The van der Waals surface area contributed by atoms with E-state index in [1.807, 2.05) is 18.2 Å². The van der Waals surface area contributed by atoms with Gasteiger partial charge in [-0.2, -0.15) is 0 Å². The van der Waals surface area contributed by atoms with E-state index in [-0.39, 0.29) is 0 Å². The average molecular weight is 222 g/mol. The molecule has 0 saturated carbocycles. The Bertz CT molecular complexity index is 782. The molecular weight excluding hydrogens is 208 g/mol. The van der Waals surface area contributed by atoms with Crippen LogP contribution >= 0.6 is 0 Å². The molecule has 0 aliphatic heterocycles. The van der Waals surface area contributed by atoms with E-state index in [1.165, 1.54) is 5.56 Å². The van der Waals surface area contributed by atoms with Gasteiger partial charge in [-0.05, 0) is 25.1 Å². The van der Waals surface area contributed by atoms with Crippen LogP contribution in [0.15, 0.2) is 42.5 Å². The van der Waals surface area contributed by atoms with Gasteiger partial charge in [-0.15, -0.1) is 0 Å². The summed E-state index contributed by atoms with van der Waals surface area (Å²) in [6, 6.07) is 14.4. The van der Waals surface area contributed by atoms with Crippen molar-refractivity contribution >= 4 is 21.8 Å². The molecule has 1 aromatic heterocycles. The maximum atomic E-state index is 8.31. The fourth-order valence-corrected chi connectivity index (χ4v) is 2.39. The molecule has 2 nitrogen and oxygen atoms in total. The second-order valence-electron chi connectivity index (χ2n) is 4.47. The van der Waals surface area contributed by atoms with Crippen molar-refractivity contribution in [1.82, 2.24) is 4.57 Å². The van der Waals surface area contributed by atoms with E-state index in [1.54, 1.807) is 0 Å². The van der Waals surface area contributed by atoms with E-state index in [2.05, 4.69) is 42.8 Å². The van der Waals surface area contributed by atoms with Crippen molar-refractivity contribution in [2.75, 3.05) is 0 Å². The van der Waals surface area contributed by atoms with Crippen molar-refractivity contribution in [3.63, 3.8) is 0 Å². The molecule has 0 spiro atoms. The molecule has 1 heterocycles. The van der Waals surface area contributed by atoms with Crippen LogP contribution in [0.4, 0.5) is 0 Å². The zero-order chi connectivity index (χ0) is 12.0. The van der Waals surface area contributed by atoms with E-state index in [4.69, 9.17) is 5.41 Å². The molecule has 0 bridgehead atoms. The average Bonchev–Trinajstić information content (AvgIpc) is 2.36.